The molecule has 0 unspecified atom stereocenters. The van der Waals surface area contributed by atoms with Crippen molar-refractivity contribution in [3.8, 4) is 0 Å². The zero-order chi connectivity index (χ0) is 8.97. The van der Waals surface area contributed by atoms with Crippen molar-refractivity contribution >= 4 is 0 Å². The van der Waals surface area contributed by atoms with Crippen molar-refractivity contribution in [3.63, 3.8) is 0 Å². The van der Waals surface area contributed by atoms with Gasteiger partial charge in [-0.1, -0.05) is 13.8 Å². The molecule has 0 aromatic carbocycles. The van der Waals surface area contributed by atoms with E-state index in [9.17, 15) is 0 Å². The molecule has 0 aliphatic rings. The van der Waals surface area contributed by atoms with Crippen LogP contribution in [0.3, 0.4) is 0 Å². The Hall–Kier alpha value is -0.900. The van der Waals surface area contributed by atoms with Crippen molar-refractivity contribution in [2.45, 2.75) is 33.4 Å². The SMILES string of the molecule is CC(C)CCn1cnnc1CN. The summed E-state index contributed by atoms with van der Waals surface area (Å²) in [7, 11) is 0. The van der Waals surface area contributed by atoms with Gasteiger partial charge in [-0.25, -0.2) is 0 Å². The number of aryl methyl sites for hydroxylation is 1. The molecular weight excluding hydrogens is 152 g/mol. The number of rotatable bonds is 4. The minimum Gasteiger partial charge on any atom is -0.324 e. The fourth-order valence-electron chi connectivity index (χ4n) is 1.02. The number of nitrogens with zero attached hydrogens (tertiary/aromatic N) is 3. The fourth-order valence-corrected chi connectivity index (χ4v) is 1.02. The predicted octanol–water partition coefficient (Wildman–Crippen LogP) is 0.783. The van der Waals surface area contributed by atoms with E-state index in [0.29, 0.717) is 12.5 Å². The molecule has 12 heavy (non-hydrogen) atoms. The Morgan fingerprint density at radius 2 is 2.33 bits per heavy atom. The maximum atomic E-state index is 5.48. The summed E-state index contributed by atoms with van der Waals surface area (Å²) in [5.74, 6) is 1.58. The average Bonchev–Trinajstić information content (AvgIpc) is 2.47. The fraction of sp³-hybridized carbons (Fsp3) is 0.750. The van der Waals surface area contributed by atoms with Gasteiger partial charge in [0.05, 0.1) is 6.54 Å². The molecule has 4 nitrogen and oxygen atoms in total. The zero-order valence-corrected chi connectivity index (χ0v) is 7.70. The first-order chi connectivity index (χ1) is 5.74. The standard InChI is InChI=1S/C8H16N4/c1-7(2)3-4-12-6-10-11-8(12)5-9/h6-7H,3-5,9H2,1-2H3. The first kappa shape index (κ1) is 9.19. The van der Waals surface area contributed by atoms with Crippen LogP contribution in [0.1, 0.15) is 26.1 Å². The van der Waals surface area contributed by atoms with Crippen LogP contribution in [0.15, 0.2) is 6.33 Å². The van der Waals surface area contributed by atoms with Crippen LogP contribution in [-0.4, -0.2) is 14.8 Å². The van der Waals surface area contributed by atoms with Crippen LogP contribution in [0.2, 0.25) is 0 Å². The van der Waals surface area contributed by atoms with E-state index < -0.39 is 0 Å². The van der Waals surface area contributed by atoms with E-state index in [-0.39, 0.29) is 0 Å². The Bertz CT molecular complexity index is 229. The highest BCUT2D eigenvalue weighted by atomic mass is 15.3. The Kier molecular flexibility index (Phi) is 3.22. The summed E-state index contributed by atoms with van der Waals surface area (Å²) in [6.07, 6.45) is 2.88. The van der Waals surface area contributed by atoms with Crippen molar-refractivity contribution in [1.82, 2.24) is 14.8 Å². The molecule has 0 saturated carbocycles. The van der Waals surface area contributed by atoms with Gasteiger partial charge in [-0.2, -0.15) is 0 Å². The van der Waals surface area contributed by atoms with Crippen molar-refractivity contribution < 1.29 is 0 Å². The normalized spacial score (nSPS) is 11.0. The molecule has 0 aliphatic carbocycles. The van der Waals surface area contributed by atoms with Gasteiger partial charge in [0.1, 0.15) is 12.2 Å². The highest BCUT2D eigenvalue weighted by Crippen LogP contribution is 2.03. The highest BCUT2D eigenvalue weighted by Gasteiger charge is 2.01. The Morgan fingerprint density at radius 1 is 1.58 bits per heavy atom. The summed E-state index contributed by atoms with van der Waals surface area (Å²) in [5.41, 5.74) is 5.48. The van der Waals surface area contributed by atoms with E-state index in [1.807, 2.05) is 4.57 Å². The third kappa shape index (κ3) is 2.30. The topological polar surface area (TPSA) is 56.7 Å². The van der Waals surface area contributed by atoms with Gasteiger partial charge in [0.2, 0.25) is 0 Å². The first-order valence-corrected chi connectivity index (χ1v) is 4.30. The number of nitrogens with two attached hydrogens (primary N) is 1. The summed E-state index contributed by atoms with van der Waals surface area (Å²) in [4.78, 5) is 0. The lowest BCUT2D eigenvalue weighted by atomic mass is 10.1. The van der Waals surface area contributed by atoms with Gasteiger partial charge in [-0.05, 0) is 12.3 Å². The van der Waals surface area contributed by atoms with Crippen LogP contribution in [0, 0.1) is 5.92 Å². The van der Waals surface area contributed by atoms with E-state index in [1.54, 1.807) is 6.33 Å². The van der Waals surface area contributed by atoms with Gasteiger partial charge in [-0.3, -0.25) is 0 Å². The van der Waals surface area contributed by atoms with E-state index >= 15 is 0 Å². The lowest BCUT2D eigenvalue weighted by Crippen LogP contribution is -2.09. The van der Waals surface area contributed by atoms with Gasteiger partial charge < -0.3 is 10.3 Å². The molecule has 0 bridgehead atoms. The van der Waals surface area contributed by atoms with Crippen molar-refractivity contribution in [2.24, 2.45) is 11.7 Å². The van der Waals surface area contributed by atoms with E-state index in [2.05, 4.69) is 24.0 Å². The molecule has 0 saturated heterocycles. The summed E-state index contributed by atoms with van der Waals surface area (Å²) in [5, 5.41) is 7.70. The van der Waals surface area contributed by atoms with Gasteiger partial charge >= 0.3 is 0 Å². The smallest absolute Gasteiger partial charge is 0.146 e. The molecule has 4 heteroatoms. The Labute approximate surface area is 72.8 Å². The molecule has 2 N–H and O–H groups in total. The molecule has 68 valence electrons. The second-order valence-electron chi connectivity index (χ2n) is 3.33. The van der Waals surface area contributed by atoms with Crippen molar-refractivity contribution in [2.75, 3.05) is 0 Å². The predicted molar refractivity (Wildman–Crippen MR) is 47.4 cm³/mol. The number of aromatic nitrogens is 3. The van der Waals surface area contributed by atoms with E-state index in [0.717, 1.165) is 18.8 Å². The third-order valence-electron chi connectivity index (χ3n) is 1.83. The average molecular weight is 168 g/mol. The Balaban J connectivity index is 2.50. The van der Waals surface area contributed by atoms with Crippen molar-refractivity contribution in [3.05, 3.63) is 12.2 Å². The quantitative estimate of drug-likeness (QED) is 0.723. The van der Waals surface area contributed by atoms with Crippen LogP contribution in [0.5, 0.6) is 0 Å². The zero-order valence-electron chi connectivity index (χ0n) is 7.70. The summed E-state index contributed by atoms with van der Waals surface area (Å²) in [6, 6.07) is 0. The highest BCUT2D eigenvalue weighted by molar-refractivity contribution is 4.83. The molecule has 0 spiro atoms. The van der Waals surface area contributed by atoms with E-state index in [4.69, 9.17) is 5.73 Å². The minimum atomic E-state index is 0.470. The monoisotopic (exact) mass is 168 g/mol. The van der Waals surface area contributed by atoms with Crippen LogP contribution in [-0.2, 0) is 13.1 Å². The molecule has 1 rings (SSSR count). The van der Waals surface area contributed by atoms with E-state index in [1.165, 1.54) is 0 Å². The van der Waals surface area contributed by atoms with Crippen LogP contribution in [0.25, 0.3) is 0 Å². The largest absolute Gasteiger partial charge is 0.324 e. The van der Waals surface area contributed by atoms with Crippen LogP contribution < -0.4 is 5.73 Å². The maximum absolute atomic E-state index is 5.48. The van der Waals surface area contributed by atoms with Gasteiger partial charge in [0, 0.05) is 6.54 Å². The minimum absolute atomic E-state index is 0.470. The van der Waals surface area contributed by atoms with Crippen LogP contribution in [0.4, 0.5) is 0 Å². The van der Waals surface area contributed by atoms with Crippen molar-refractivity contribution in [1.29, 1.82) is 0 Å². The lowest BCUT2D eigenvalue weighted by molar-refractivity contribution is 0.505. The first-order valence-electron chi connectivity index (χ1n) is 4.30. The van der Waals surface area contributed by atoms with Gasteiger partial charge in [-0.15, -0.1) is 10.2 Å². The molecule has 1 aromatic heterocycles. The molecular formula is C8H16N4. The summed E-state index contributed by atoms with van der Waals surface area (Å²) >= 11 is 0. The molecule has 0 radical (unpaired) electrons. The van der Waals surface area contributed by atoms with Gasteiger partial charge in [0.15, 0.2) is 0 Å². The second-order valence-corrected chi connectivity index (χ2v) is 3.33. The molecule has 0 fully saturated rings. The maximum Gasteiger partial charge on any atom is 0.146 e. The molecule has 1 aromatic rings. The molecule has 0 aliphatic heterocycles. The third-order valence-corrected chi connectivity index (χ3v) is 1.83. The van der Waals surface area contributed by atoms with Crippen LogP contribution >= 0.6 is 0 Å². The Morgan fingerprint density at radius 3 is 2.92 bits per heavy atom. The summed E-state index contributed by atoms with van der Waals surface area (Å²) in [6.45, 7) is 5.84. The second kappa shape index (κ2) is 4.21. The number of hydrogen-bond donors (Lipinski definition) is 1. The summed E-state index contributed by atoms with van der Waals surface area (Å²) < 4.78 is 2.01. The molecule has 0 atom stereocenters. The molecule has 0 amide bonds. The number of hydrogen-bond acceptors (Lipinski definition) is 3. The molecule has 1 heterocycles. The van der Waals surface area contributed by atoms with Gasteiger partial charge in [0.25, 0.3) is 0 Å². The lowest BCUT2D eigenvalue weighted by Gasteiger charge is -2.06.